The summed E-state index contributed by atoms with van der Waals surface area (Å²) < 4.78 is 20.8. The molecule has 9 heteroatoms. The predicted octanol–water partition coefficient (Wildman–Crippen LogP) is 1.38. The highest BCUT2D eigenvalue weighted by Crippen LogP contribution is 2.28. The number of amides is 2. The lowest BCUT2D eigenvalue weighted by Crippen LogP contribution is -2.45. The molecule has 1 aromatic rings. The topological polar surface area (TPSA) is 112 Å². The van der Waals surface area contributed by atoms with Gasteiger partial charge in [0.15, 0.2) is 11.5 Å². The summed E-state index contributed by atoms with van der Waals surface area (Å²) in [5.74, 6) is -0.319. The van der Waals surface area contributed by atoms with Crippen molar-refractivity contribution in [2.75, 3.05) is 33.5 Å². The molecule has 1 aliphatic rings. The second kappa shape index (κ2) is 9.46. The molecule has 0 atom stereocenters. The lowest BCUT2D eigenvalue weighted by atomic mass is 10.1. The van der Waals surface area contributed by atoms with Gasteiger partial charge in [-0.05, 0) is 32.0 Å². The van der Waals surface area contributed by atoms with E-state index in [1.54, 1.807) is 13.0 Å². The van der Waals surface area contributed by atoms with Gasteiger partial charge < -0.3 is 29.6 Å². The zero-order valence-electron chi connectivity index (χ0n) is 15.4. The van der Waals surface area contributed by atoms with Crippen molar-refractivity contribution in [1.29, 1.82) is 0 Å². The molecule has 0 spiro atoms. The minimum absolute atomic E-state index is 0.00553. The van der Waals surface area contributed by atoms with Crippen molar-refractivity contribution < 1.29 is 33.3 Å². The molecule has 1 aliphatic heterocycles. The number of methoxy groups -OCH3 is 1. The molecule has 2 N–H and O–H groups in total. The van der Waals surface area contributed by atoms with Crippen molar-refractivity contribution in [3.8, 4) is 11.5 Å². The van der Waals surface area contributed by atoms with Crippen LogP contribution in [0, 0.1) is 0 Å². The van der Waals surface area contributed by atoms with Crippen molar-refractivity contribution >= 4 is 18.0 Å². The number of hydrogen-bond donors (Lipinski definition) is 2. The van der Waals surface area contributed by atoms with Gasteiger partial charge >= 0.3 is 18.0 Å². The van der Waals surface area contributed by atoms with Crippen molar-refractivity contribution in [3.05, 3.63) is 35.0 Å². The molecule has 0 fully saturated rings. The van der Waals surface area contributed by atoms with E-state index >= 15 is 0 Å². The summed E-state index contributed by atoms with van der Waals surface area (Å²) in [4.78, 5) is 35.8. The van der Waals surface area contributed by atoms with Crippen LogP contribution in [0.5, 0.6) is 11.5 Å². The number of ether oxygens (including phenoxy) is 4. The number of nitrogens with one attached hydrogen (secondary N) is 2. The fraction of sp³-hybridized carbons (Fsp3) is 0.389. The standard InChI is InChI=1S/C18H22N2O7/c1-4-25-14-7-6-11(8-15(14)24-3)16(21)27-10-13-12(17(22)26-5-2)9-19-18(23)20-13/h6-8H,4-5,9-10H2,1-3H3,(H2,19,20,23). The Kier molecular flexibility index (Phi) is 7.04. The van der Waals surface area contributed by atoms with E-state index in [2.05, 4.69) is 10.6 Å². The molecule has 2 amide bonds. The Morgan fingerprint density at radius 1 is 1.07 bits per heavy atom. The van der Waals surface area contributed by atoms with Crippen molar-refractivity contribution in [2.24, 2.45) is 0 Å². The van der Waals surface area contributed by atoms with E-state index in [4.69, 9.17) is 18.9 Å². The third-order valence-corrected chi connectivity index (χ3v) is 3.62. The number of benzene rings is 1. The second-order valence-electron chi connectivity index (χ2n) is 5.36. The zero-order chi connectivity index (χ0) is 19.8. The highest BCUT2D eigenvalue weighted by Gasteiger charge is 2.24. The summed E-state index contributed by atoms with van der Waals surface area (Å²) in [7, 11) is 1.47. The molecule has 0 radical (unpaired) electrons. The largest absolute Gasteiger partial charge is 0.493 e. The van der Waals surface area contributed by atoms with Crippen LogP contribution in [0.15, 0.2) is 29.5 Å². The molecule has 0 saturated heterocycles. The lowest BCUT2D eigenvalue weighted by molar-refractivity contribution is -0.138. The normalized spacial score (nSPS) is 13.4. The van der Waals surface area contributed by atoms with E-state index in [9.17, 15) is 14.4 Å². The molecule has 0 aliphatic carbocycles. The van der Waals surface area contributed by atoms with E-state index in [0.29, 0.717) is 18.1 Å². The third kappa shape index (κ3) is 5.13. The fourth-order valence-corrected chi connectivity index (χ4v) is 2.36. The Hall–Kier alpha value is -3.23. The Morgan fingerprint density at radius 2 is 1.85 bits per heavy atom. The summed E-state index contributed by atoms with van der Waals surface area (Å²) in [6.45, 7) is 3.87. The Bertz CT molecular complexity index is 758. The SMILES string of the molecule is CCOC(=O)C1=C(COC(=O)c2ccc(OCC)c(OC)c2)NC(=O)NC1. The summed E-state index contributed by atoms with van der Waals surface area (Å²) in [6, 6.07) is 4.15. The molecule has 27 heavy (non-hydrogen) atoms. The van der Waals surface area contributed by atoms with Crippen molar-refractivity contribution in [1.82, 2.24) is 10.6 Å². The first kappa shape index (κ1) is 20.1. The molecular weight excluding hydrogens is 356 g/mol. The molecule has 0 bridgehead atoms. The number of carbonyl (C=O) groups is 3. The smallest absolute Gasteiger partial charge is 0.338 e. The maximum Gasteiger partial charge on any atom is 0.338 e. The van der Waals surface area contributed by atoms with Crippen LogP contribution < -0.4 is 20.1 Å². The van der Waals surface area contributed by atoms with E-state index in [1.807, 2.05) is 6.92 Å². The van der Waals surface area contributed by atoms with Crippen LogP contribution in [0.4, 0.5) is 4.79 Å². The molecule has 0 unspecified atom stereocenters. The van der Waals surface area contributed by atoms with Crippen LogP contribution in [0.2, 0.25) is 0 Å². The van der Waals surface area contributed by atoms with Crippen LogP contribution in [0.1, 0.15) is 24.2 Å². The van der Waals surface area contributed by atoms with Gasteiger partial charge in [-0.15, -0.1) is 0 Å². The third-order valence-electron chi connectivity index (χ3n) is 3.62. The average molecular weight is 378 g/mol. The molecule has 1 heterocycles. The van der Waals surface area contributed by atoms with Gasteiger partial charge in [-0.1, -0.05) is 0 Å². The molecule has 0 aromatic heterocycles. The molecule has 9 nitrogen and oxygen atoms in total. The summed E-state index contributed by atoms with van der Waals surface area (Å²) in [5, 5.41) is 4.94. The molecule has 0 saturated carbocycles. The minimum Gasteiger partial charge on any atom is -0.493 e. The van der Waals surface area contributed by atoms with Gasteiger partial charge in [-0.2, -0.15) is 0 Å². The Labute approximate surface area is 156 Å². The quantitative estimate of drug-likeness (QED) is 0.657. The van der Waals surface area contributed by atoms with E-state index in [0.717, 1.165) is 0 Å². The molecular formula is C18H22N2O7. The van der Waals surface area contributed by atoms with Gasteiger partial charge in [-0.3, -0.25) is 0 Å². The van der Waals surface area contributed by atoms with E-state index in [1.165, 1.54) is 19.2 Å². The molecule has 1 aromatic carbocycles. The van der Waals surface area contributed by atoms with Crippen LogP contribution >= 0.6 is 0 Å². The predicted molar refractivity (Wildman–Crippen MR) is 94.6 cm³/mol. The van der Waals surface area contributed by atoms with Gasteiger partial charge in [0.2, 0.25) is 0 Å². The highest BCUT2D eigenvalue weighted by molar-refractivity contribution is 5.94. The fourth-order valence-electron chi connectivity index (χ4n) is 2.36. The highest BCUT2D eigenvalue weighted by atomic mass is 16.5. The Balaban J connectivity index is 2.12. The first-order valence-corrected chi connectivity index (χ1v) is 8.42. The van der Waals surface area contributed by atoms with E-state index in [-0.39, 0.29) is 36.6 Å². The summed E-state index contributed by atoms with van der Waals surface area (Å²) in [5.41, 5.74) is 0.630. The van der Waals surface area contributed by atoms with Gasteiger partial charge in [0.25, 0.3) is 0 Å². The Morgan fingerprint density at radius 3 is 2.52 bits per heavy atom. The van der Waals surface area contributed by atoms with Crippen LogP contribution in [0.25, 0.3) is 0 Å². The lowest BCUT2D eigenvalue weighted by Gasteiger charge is -2.21. The van der Waals surface area contributed by atoms with Crippen molar-refractivity contribution in [2.45, 2.75) is 13.8 Å². The molecule has 146 valence electrons. The van der Waals surface area contributed by atoms with Gasteiger partial charge in [0, 0.05) is 0 Å². The van der Waals surface area contributed by atoms with E-state index < -0.39 is 18.0 Å². The summed E-state index contributed by atoms with van der Waals surface area (Å²) >= 11 is 0. The van der Waals surface area contributed by atoms with Crippen LogP contribution in [-0.4, -0.2) is 51.4 Å². The van der Waals surface area contributed by atoms with Gasteiger partial charge in [0.05, 0.1) is 43.7 Å². The number of esters is 2. The minimum atomic E-state index is -0.639. The number of carbonyl (C=O) groups excluding carboxylic acids is 3. The van der Waals surface area contributed by atoms with Crippen molar-refractivity contribution in [3.63, 3.8) is 0 Å². The number of hydrogen-bond acceptors (Lipinski definition) is 7. The maximum absolute atomic E-state index is 12.3. The van der Waals surface area contributed by atoms with Gasteiger partial charge in [-0.25, -0.2) is 14.4 Å². The number of rotatable bonds is 8. The number of urea groups is 1. The van der Waals surface area contributed by atoms with Crippen LogP contribution in [-0.2, 0) is 14.3 Å². The molecule has 2 rings (SSSR count). The zero-order valence-corrected chi connectivity index (χ0v) is 15.4. The maximum atomic E-state index is 12.3. The van der Waals surface area contributed by atoms with Crippen LogP contribution in [0.3, 0.4) is 0 Å². The first-order valence-electron chi connectivity index (χ1n) is 8.42. The average Bonchev–Trinajstić information content (AvgIpc) is 2.66. The first-order chi connectivity index (χ1) is 13.0. The second-order valence-corrected chi connectivity index (χ2v) is 5.36. The van der Waals surface area contributed by atoms with Gasteiger partial charge in [0.1, 0.15) is 6.61 Å². The summed E-state index contributed by atoms with van der Waals surface area (Å²) in [6.07, 6.45) is 0. The monoisotopic (exact) mass is 378 g/mol.